The minimum absolute atomic E-state index is 0.0158. The monoisotopic (exact) mass is 399 g/mol. The van der Waals surface area contributed by atoms with Gasteiger partial charge in [0.15, 0.2) is 5.78 Å². The van der Waals surface area contributed by atoms with Crippen LogP contribution >= 0.6 is 34.2 Å². The predicted octanol–water partition coefficient (Wildman–Crippen LogP) is 4.57. The maximum Gasteiger partial charge on any atom is 0.169 e. The molecular formula is C16H15ClINO. The van der Waals surface area contributed by atoms with Crippen molar-refractivity contribution in [2.75, 3.05) is 5.73 Å². The lowest BCUT2D eigenvalue weighted by Crippen LogP contribution is -2.08. The van der Waals surface area contributed by atoms with Crippen LogP contribution in [0.2, 0.25) is 5.02 Å². The largest absolute Gasteiger partial charge is 0.398 e. The average Bonchev–Trinajstić information content (AvgIpc) is 2.32. The first-order valence-corrected chi connectivity index (χ1v) is 7.67. The Morgan fingerprint density at radius 2 is 1.75 bits per heavy atom. The van der Waals surface area contributed by atoms with Crippen LogP contribution in [0.15, 0.2) is 30.3 Å². The molecule has 0 fully saturated rings. The number of anilines is 1. The number of nitrogen functional groups attached to an aromatic ring is 1. The van der Waals surface area contributed by atoms with Crippen molar-refractivity contribution in [3.8, 4) is 0 Å². The third-order valence-corrected chi connectivity index (χ3v) is 4.56. The second kappa shape index (κ2) is 6.14. The fraction of sp³-hybridized carbons (Fsp3) is 0.188. The zero-order valence-electron chi connectivity index (χ0n) is 11.3. The highest BCUT2D eigenvalue weighted by Crippen LogP contribution is 2.26. The minimum Gasteiger partial charge on any atom is -0.398 e. The highest BCUT2D eigenvalue weighted by atomic mass is 127. The Bertz CT molecular complexity index is 662. The van der Waals surface area contributed by atoms with E-state index in [1.165, 1.54) is 0 Å². The van der Waals surface area contributed by atoms with Crippen LogP contribution in [0.1, 0.15) is 27.0 Å². The molecule has 2 N–H and O–H groups in total. The quantitative estimate of drug-likeness (QED) is 0.467. The Labute approximate surface area is 137 Å². The molecular weight excluding hydrogens is 385 g/mol. The smallest absolute Gasteiger partial charge is 0.169 e. The summed E-state index contributed by atoms with van der Waals surface area (Å²) in [6.45, 7) is 4.06. The molecule has 0 spiro atoms. The van der Waals surface area contributed by atoms with Crippen LogP contribution in [0.5, 0.6) is 0 Å². The van der Waals surface area contributed by atoms with Gasteiger partial charge in [0, 0.05) is 21.2 Å². The van der Waals surface area contributed by atoms with Crippen LogP contribution in [0.4, 0.5) is 5.69 Å². The van der Waals surface area contributed by atoms with E-state index in [4.69, 9.17) is 17.3 Å². The van der Waals surface area contributed by atoms with Crippen molar-refractivity contribution in [1.82, 2.24) is 0 Å². The Kier molecular flexibility index (Phi) is 4.70. The third kappa shape index (κ3) is 3.52. The van der Waals surface area contributed by atoms with Gasteiger partial charge in [-0.3, -0.25) is 4.79 Å². The van der Waals surface area contributed by atoms with Crippen LogP contribution in [0, 0.1) is 17.4 Å². The Morgan fingerprint density at radius 1 is 1.15 bits per heavy atom. The van der Waals surface area contributed by atoms with E-state index >= 15 is 0 Å². The predicted molar refractivity (Wildman–Crippen MR) is 92.5 cm³/mol. The van der Waals surface area contributed by atoms with E-state index in [0.717, 1.165) is 20.3 Å². The fourth-order valence-electron chi connectivity index (χ4n) is 2.26. The summed E-state index contributed by atoms with van der Waals surface area (Å²) in [4.78, 5) is 12.4. The van der Waals surface area contributed by atoms with Crippen LogP contribution in [-0.2, 0) is 6.42 Å². The standard InChI is InChI=1S/C16H15ClINO/c1-9-3-10(2)5-11(4-9)6-16(20)12-7-14(18)13(17)8-15(12)19/h3-5,7-8H,6,19H2,1-2H3. The molecule has 0 aromatic heterocycles. The number of carbonyl (C=O) groups is 1. The third-order valence-electron chi connectivity index (χ3n) is 3.04. The van der Waals surface area contributed by atoms with E-state index in [0.29, 0.717) is 22.7 Å². The minimum atomic E-state index is 0.0158. The molecule has 0 unspecified atom stereocenters. The number of rotatable bonds is 3. The molecule has 0 aliphatic heterocycles. The second-order valence-corrected chi connectivity index (χ2v) is 6.52. The summed E-state index contributed by atoms with van der Waals surface area (Å²) >= 11 is 8.10. The lowest BCUT2D eigenvalue weighted by molar-refractivity contribution is 0.0994. The molecule has 2 nitrogen and oxygen atoms in total. The van der Waals surface area contributed by atoms with Gasteiger partial charge < -0.3 is 5.73 Å². The van der Waals surface area contributed by atoms with Crippen molar-refractivity contribution < 1.29 is 4.79 Å². The van der Waals surface area contributed by atoms with Gasteiger partial charge >= 0.3 is 0 Å². The first kappa shape index (κ1) is 15.3. The van der Waals surface area contributed by atoms with E-state index in [-0.39, 0.29) is 5.78 Å². The maximum absolute atomic E-state index is 12.4. The van der Waals surface area contributed by atoms with Gasteiger partial charge in [-0.25, -0.2) is 0 Å². The summed E-state index contributed by atoms with van der Waals surface area (Å²) in [7, 11) is 0. The van der Waals surface area contributed by atoms with Crippen molar-refractivity contribution in [3.05, 3.63) is 61.2 Å². The van der Waals surface area contributed by atoms with Crippen molar-refractivity contribution >= 4 is 45.7 Å². The zero-order chi connectivity index (χ0) is 14.9. The van der Waals surface area contributed by atoms with Crippen molar-refractivity contribution in [1.29, 1.82) is 0 Å². The van der Waals surface area contributed by atoms with E-state index in [1.807, 2.05) is 26.0 Å². The first-order valence-electron chi connectivity index (χ1n) is 6.21. The van der Waals surface area contributed by atoms with Gasteiger partial charge in [0.1, 0.15) is 0 Å². The van der Waals surface area contributed by atoms with Crippen LogP contribution in [0.25, 0.3) is 0 Å². The lowest BCUT2D eigenvalue weighted by atomic mass is 9.99. The van der Waals surface area contributed by atoms with E-state index < -0.39 is 0 Å². The molecule has 4 heteroatoms. The maximum atomic E-state index is 12.4. The average molecular weight is 400 g/mol. The van der Waals surface area contributed by atoms with E-state index in [2.05, 4.69) is 28.7 Å². The number of nitrogens with two attached hydrogens (primary N) is 1. The molecule has 0 saturated carbocycles. The zero-order valence-corrected chi connectivity index (χ0v) is 14.2. The molecule has 0 aliphatic rings. The SMILES string of the molecule is Cc1cc(C)cc(CC(=O)c2cc(I)c(Cl)cc2N)c1. The van der Waals surface area contributed by atoms with Gasteiger partial charge in [-0.15, -0.1) is 0 Å². The summed E-state index contributed by atoms with van der Waals surface area (Å²) in [5.74, 6) is 0.0158. The number of ketones is 1. The van der Waals surface area contributed by atoms with Gasteiger partial charge in [0.25, 0.3) is 0 Å². The lowest BCUT2D eigenvalue weighted by Gasteiger charge is -2.08. The number of hydrogen-bond acceptors (Lipinski definition) is 2. The van der Waals surface area contributed by atoms with Crippen molar-refractivity contribution in [2.45, 2.75) is 20.3 Å². The first-order chi connectivity index (χ1) is 9.36. The fourth-order valence-corrected chi connectivity index (χ4v) is 2.89. The molecule has 0 bridgehead atoms. The normalized spacial score (nSPS) is 10.6. The molecule has 0 heterocycles. The number of benzene rings is 2. The van der Waals surface area contributed by atoms with Gasteiger partial charge in [-0.05, 0) is 54.1 Å². The van der Waals surface area contributed by atoms with Gasteiger partial charge in [0.05, 0.1) is 5.02 Å². The summed E-state index contributed by atoms with van der Waals surface area (Å²) in [5, 5.41) is 0.575. The molecule has 2 rings (SSSR count). The number of hydrogen-bond donors (Lipinski definition) is 1. The molecule has 2 aromatic carbocycles. The van der Waals surface area contributed by atoms with Crippen molar-refractivity contribution in [2.24, 2.45) is 0 Å². The van der Waals surface area contributed by atoms with Crippen LogP contribution < -0.4 is 5.73 Å². The van der Waals surface area contributed by atoms with E-state index in [9.17, 15) is 4.79 Å². The molecule has 20 heavy (non-hydrogen) atoms. The molecule has 0 radical (unpaired) electrons. The van der Waals surface area contributed by atoms with Crippen molar-refractivity contribution in [3.63, 3.8) is 0 Å². The molecule has 2 aromatic rings. The molecule has 0 atom stereocenters. The second-order valence-electron chi connectivity index (χ2n) is 4.95. The highest BCUT2D eigenvalue weighted by molar-refractivity contribution is 14.1. The summed E-state index contributed by atoms with van der Waals surface area (Å²) < 4.78 is 0.835. The van der Waals surface area contributed by atoms with E-state index in [1.54, 1.807) is 12.1 Å². The number of halogens is 2. The number of Topliss-reactive ketones (excluding diaryl/α,β-unsaturated/α-hetero) is 1. The topological polar surface area (TPSA) is 43.1 Å². The Morgan fingerprint density at radius 3 is 2.35 bits per heavy atom. The number of carbonyl (C=O) groups excluding carboxylic acids is 1. The summed E-state index contributed by atoms with van der Waals surface area (Å²) in [6.07, 6.45) is 0.352. The highest BCUT2D eigenvalue weighted by Gasteiger charge is 2.13. The van der Waals surface area contributed by atoms with Gasteiger partial charge in [-0.1, -0.05) is 40.9 Å². The van der Waals surface area contributed by atoms with Crippen LogP contribution in [0.3, 0.4) is 0 Å². The van der Waals surface area contributed by atoms with Gasteiger partial charge in [0.2, 0.25) is 0 Å². The summed E-state index contributed by atoms with van der Waals surface area (Å²) in [6, 6.07) is 9.54. The van der Waals surface area contributed by atoms with Gasteiger partial charge in [-0.2, -0.15) is 0 Å². The number of aryl methyl sites for hydroxylation is 2. The Hall–Kier alpha value is -1.07. The summed E-state index contributed by atoms with van der Waals surface area (Å²) in [5.41, 5.74) is 10.2. The molecule has 0 saturated heterocycles. The van der Waals surface area contributed by atoms with Crippen LogP contribution in [-0.4, -0.2) is 5.78 Å². The molecule has 0 amide bonds. The Balaban J connectivity index is 2.30. The molecule has 104 valence electrons. The molecule has 0 aliphatic carbocycles.